The molecule has 1 fully saturated rings. The molecule has 1 saturated heterocycles. The summed E-state index contributed by atoms with van der Waals surface area (Å²) in [5.74, 6) is 0.865. The van der Waals surface area contributed by atoms with Gasteiger partial charge in [-0.1, -0.05) is 6.07 Å². The van der Waals surface area contributed by atoms with Crippen LogP contribution in [0.4, 0.5) is 0 Å². The van der Waals surface area contributed by atoms with E-state index in [4.69, 9.17) is 9.47 Å². The number of ether oxygens (including phenoxy) is 2. The summed E-state index contributed by atoms with van der Waals surface area (Å²) in [6.45, 7) is 3.10. The van der Waals surface area contributed by atoms with Gasteiger partial charge in [-0.25, -0.2) is 4.98 Å². The van der Waals surface area contributed by atoms with Gasteiger partial charge in [-0.2, -0.15) is 0 Å². The van der Waals surface area contributed by atoms with E-state index in [1.54, 1.807) is 22.8 Å². The lowest BCUT2D eigenvalue weighted by molar-refractivity contribution is 0.0767. The van der Waals surface area contributed by atoms with E-state index >= 15 is 0 Å². The van der Waals surface area contributed by atoms with Gasteiger partial charge < -0.3 is 14.4 Å². The van der Waals surface area contributed by atoms with Crippen molar-refractivity contribution in [1.82, 2.24) is 19.7 Å². The monoisotopic (exact) mass is 316 g/mol. The Kier molecular flexibility index (Phi) is 4.18. The van der Waals surface area contributed by atoms with Gasteiger partial charge in [0.2, 0.25) is 11.8 Å². The van der Waals surface area contributed by atoms with Crippen molar-refractivity contribution in [3.8, 4) is 11.8 Å². The van der Waals surface area contributed by atoms with Crippen molar-refractivity contribution in [2.45, 2.75) is 19.4 Å². The summed E-state index contributed by atoms with van der Waals surface area (Å²) in [5.41, 5.74) is 1.39. The molecule has 0 N–H and O–H groups in total. The SMILES string of the molecule is COc1nn(C)cc1C(=O)N1CCC(Oc2cccc(C)n2)C1. The molecule has 23 heavy (non-hydrogen) atoms. The maximum Gasteiger partial charge on any atom is 0.261 e. The van der Waals surface area contributed by atoms with Gasteiger partial charge in [0.1, 0.15) is 11.7 Å². The molecule has 1 atom stereocenters. The van der Waals surface area contributed by atoms with Gasteiger partial charge in [0.05, 0.1) is 13.7 Å². The van der Waals surface area contributed by atoms with Crippen molar-refractivity contribution in [3.63, 3.8) is 0 Å². The van der Waals surface area contributed by atoms with Crippen molar-refractivity contribution < 1.29 is 14.3 Å². The Hall–Kier alpha value is -2.57. The quantitative estimate of drug-likeness (QED) is 0.853. The van der Waals surface area contributed by atoms with Gasteiger partial charge in [-0.15, -0.1) is 5.10 Å². The molecule has 122 valence electrons. The fourth-order valence-corrected chi connectivity index (χ4v) is 2.70. The molecule has 0 radical (unpaired) electrons. The predicted molar refractivity (Wildman–Crippen MR) is 83.7 cm³/mol. The third-order valence-electron chi connectivity index (χ3n) is 3.80. The highest BCUT2D eigenvalue weighted by Crippen LogP contribution is 2.22. The number of pyridine rings is 1. The van der Waals surface area contributed by atoms with Crippen LogP contribution in [-0.4, -0.2) is 51.9 Å². The van der Waals surface area contributed by atoms with Crippen molar-refractivity contribution in [1.29, 1.82) is 0 Å². The number of methoxy groups -OCH3 is 1. The van der Waals surface area contributed by atoms with E-state index in [-0.39, 0.29) is 12.0 Å². The predicted octanol–water partition coefficient (Wildman–Crippen LogP) is 1.43. The van der Waals surface area contributed by atoms with Crippen LogP contribution in [0.3, 0.4) is 0 Å². The van der Waals surface area contributed by atoms with Crippen molar-refractivity contribution in [2.75, 3.05) is 20.2 Å². The van der Waals surface area contributed by atoms with Crippen LogP contribution in [-0.2, 0) is 7.05 Å². The minimum absolute atomic E-state index is 0.0454. The number of carbonyl (C=O) groups is 1. The van der Waals surface area contributed by atoms with E-state index in [9.17, 15) is 4.79 Å². The van der Waals surface area contributed by atoms with Crippen LogP contribution in [0.2, 0.25) is 0 Å². The average Bonchev–Trinajstić information content (AvgIpc) is 3.13. The average molecular weight is 316 g/mol. The van der Waals surface area contributed by atoms with Crippen LogP contribution >= 0.6 is 0 Å². The second kappa shape index (κ2) is 6.28. The first kappa shape index (κ1) is 15.3. The number of nitrogens with zero attached hydrogens (tertiary/aromatic N) is 4. The van der Waals surface area contributed by atoms with Gasteiger partial charge in [0.25, 0.3) is 5.91 Å². The minimum Gasteiger partial charge on any atom is -0.479 e. The molecule has 1 aliphatic rings. The first-order valence-electron chi connectivity index (χ1n) is 7.54. The number of hydrogen-bond acceptors (Lipinski definition) is 5. The van der Waals surface area contributed by atoms with Gasteiger partial charge in [-0.3, -0.25) is 9.48 Å². The molecular formula is C16H20N4O3. The second-order valence-electron chi connectivity index (χ2n) is 5.62. The van der Waals surface area contributed by atoms with Crippen LogP contribution in [0.5, 0.6) is 11.8 Å². The van der Waals surface area contributed by atoms with Crippen LogP contribution in [0, 0.1) is 6.92 Å². The lowest BCUT2D eigenvalue weighted by Crippen LogP contribution is -2.31. The summed E-state index contributed by atoms with van der Waals surface area (Å²) in [6, 6.07) is 5.67. The summed E-state index contributed by atoms with van der Waals surface area (Å²) in [6.07, 6.45) is 2.41. The molecule has 0 bridgehead atoms. The van der Waals surface area contributed by atoms with Crippen LogP contribution < -0.4 is 9.47 Å². The highest BCUT2D eigenvalue weighted by atomic mass is 16.5. The molecule has 2 aromatic heterocycles. The zero-order chi connectivity index (χ0) is 16.4. The van der Waals surface area contributed by atoms with E-state index in [1.807, 2.05) is 25.1 Å². The minimum atomic E-state index is -0.0850. The van der Waals surface area contributed by atoms with E-state index in [2.05, 4.69) is 10.1 Å². The first-order valence-corrected chi connectivity index (χ1v) is 7.54. The van der Waals surface area contributed by atoms with Gasteiger partial charge in [0, 0.05) is 38.0 Å². The number of carbonyl (C=O) groups excluding carboxylic acids is 1. The van der Waals surface area contributed by atoms with Crippen LogP contribution in [0.1, 0.15) is 22.5 Å². The molecule has 1 aliphatic heterocycles. The molecule has 2 aromatic rings. The maximum absolute atomic E-state index is 12.6. The second-order valence-corrected chi connectivity index (χ2v) is 5.62. The third kappa shape index (κ3) is 3.28. The standard InChI is InChI=1S/C16H20N4O3/c1-11-5-4-6-14(17-11)23-12-7-8-20(9-12)16(21)13-10-19(2)18-15(13)22-3/h4-6,10,12H,7-9H2,1-3H3. The van der Waals surface area contributed by atoms with Gasteiger partial charge in [0.15, 0.2) is 0 Å². The van der Waals surface area contributed by atoms with Gasteiger partial charge >= 0.3 is 0 Å². The van der Waals surface area contributed by atoms with Crippen molar-refractivity contribution in [3.05, 3.63) is 35.7 Å². The summed E-state index contributed by atoms with van der Waals surface area (Å²) in [4.78, 5) is 18.7. The Balaban J connectivity index is 1.66. The number of likely N-dealkylation sites (tertiary alicyclic amines) is 1. The summed E-state index contributed by atoms with van der Waals surface area (Å²) in [7, 11) is 3.27. The molecular weight excluding hydrogens is 296 g/mol. The van der Waals surface area contributed by atoms with E-state index in [1.165, 1.54) is 7.11 Å². The normalized spacial score (nSPS) is 17.3. The topological polar surface area (TPSA) is 69.5 Å². The molecule has 0 spiro atoms. The summed E-state index contributed by atoms with van der Waals surface area (Å²) >= 11 is 0. The zero-order valence-electron chi connectivity index (χ0n) is 13.5. The number of aryl methyl sites for hydroxylation is 2. The molecule has 0 aliphatic carbocycles. The lowest BCUT2D eigenvalue weighted by atomic mass is 10.3. The van der Waals surface area contributed by atoms with Crippen LogP contribution in [0.15, 0.2) is 24.4 Å². The summed E-state index contributed by atoms with van der Waals surface area (Å²) < 4.78 is 12.6. The van der Waals surface area contributed by atoms with Crippen LogP contribution in [0.25, 0.3) is 0 Å². The Morgan fingerprint density at radius 2 is 2.22 bits per heavy atom. The van der Waals surface area contributed by atoms with Gasteiger partial charge in [-0.05, 0) is 13.0 Å². The molecule has 0 aromatic carbocycles. The number of hydrogen-bond donors (Lipinski definition) is 0. The molecule has 1 amide bonds. The lowest BCUT2D eigenvalue weighted by Gasteiger charge is -2.16. The molecule has 1 unspecified atom stereocenters. The maximum atomic E-state index is 12.6. The van der Waals surface area contributed by atoms with E-state index in [0.29, 0.717) is 30.4 Å². The Labute approximate surface area is 134 Å². The molecule has 7 nitrogen and oxygen atoms in total. The molecule has 7 heteroatoms. The Morgan fingerprint density at radius 3 is 2.96 bits per heavy atom. The summed E-state index contributed by atoms with van der Waals surface area (Å²) in [5, 5.41) is 4.12. The smallest absolute Gasteiger partial charge is 0.261 e. The fourth-order valence-electron chi connectivity index (χ4n) is 2.70. The van der Waals surface area contributed by atoms with E-state index in [0.717, 1.165) is 12.1 Å². The Bertz CT molecular complexity index is 713. The molecule has 3 heterocycles. The van der Waals surface area contributed by atoms with Crippen molar-refractivity contribution in [2.24, 2.45) is 7.05 Å². The first-order chi connectivity index (χ1) is 11.1. The highest BCUT2D eigenvalue weighted by molar-refractivity contribution is 5.96. The highest BCUT2D eigenvalue weighted by Gasteiger charge is 2.31. The molecule has 0 saturated carbocycles. The van der Waals surface area contributed by atoms with Crippen molar-refractivity contribution >= 4 is 5.91 Å². The largest absolute Gasteiger partial charge is 0.479 e. The Morgan fingerprint density at radius 1 is 1.39 bits per heavy atom. The van der Waals surface area contributed by atoms with E-state index < -0.39 is 0 Å². The fraction of sp³-hybridized carbons (Fsp3) is 0.438. The number of amides is 1. The number of rotatable bonds is 4. The zero-order valence-corrected chi connectivity index (χ0v) is 13.5. The number of aromatic nitrogens is 3. The molecule has 3 rings (SSSR count). The third-order valence-corrected chi connectivity index (χ3v) is 3.80.